The van der Waals surface area contributed by atoms with E-state index in [4.69, 9.17) is 9.97 Å². The van der Waals surface area contributed by atoms with Crippen molar-refractivity contribution >= 4 is 87.2 Å². The first kappa shape index (κ1) is 56.9. The SMILES string of the molecule is c1ccc(-c2cc(-c3cc(-c4ccc(-c5cc(-n6c7ccccc7c7ccccc76)cc(-n6c7ccccc7c7ccccc76)c5)cc4)cc(-c4ccc(-c5cc(-n6c7ccccc7c7ccccc76)cc(-n6c7ccccc7c7ccccc76)c5)cc4)c3)nc(-c3ccccc3)n2)cc1. The second kappa shape index (κ2) is 23.2. The Bertz CT molecular complexity index is 5760. The Kier molecular flexibility index (Phi) is 13.2. The Morgan fingerprint density at radius 1 is 0.150 bits per heavy atom. The van der Waals surface area contributed by atoms with E-state index in [-0.39, 0.29) is 0 Å². The molecule has 6 nitrogen and oxygen atoms in total. The van der Waals surface area contributed by atoms with Crippen LogP contribution in [0.25, 0.3) is 188 Å². The van der Waals surface area contributed by atoms with Gasteiger partial charge in [-0.05, 0) is 154 Å². The van der Waals surface area contributed by atoms with Crippen molar-refractivity contribution in [2.45, 2.75) is 0 Å². The minimum Gasteiger partial charge on any atom is -0.309 e. The maximum Gasteiger partial charge on any atom is 0.160 e. The van der Waals surface area contributed by atoms with Crippen molar-refractivity contribution in [2.24, 2.45) is 0 Å². The molecule has 0 aliphatic heterocycles. The Hall–Kier alpha value is -13.4. The standard InChI is InChI=1S/C94H60N6/c1-3-23-65(24-4-1)84-60-85(96-94(95-84)66-25-5-2-6-26-66)71-52-67(61-43-47-63(48-44-61)69-54-72(97-86-35-15-7-27-76(86)77-28-8-16-36-87(77)97)58-73(55-69)98-88-37-17-9-29-78(88)79-30-10-18-38-89(79)98)51-68(53-71)62-45-49-64(50-46-62)70-56-74(99-90-39-19-11-31-80(90)81-32-12-20-40-91(81)99)59-75(57-70)100-92-41-21-13-33-82(92)83-34-14-22-42-93(83)100/h1-60H. The summed E-state index contributed by atoms with van der Waals surface area (Å²) in [7, 11) is 0. The summed E-state index contributed by atoms with van der Waals surface area (Å²) in [6.07, 6.45) is 0. The summed E-state index contributed by atoms with van der Waals surface area (Å²) in [6, 6.07) is 133. The van der Waals surface area contributed by atoms with Crippen LogP contribution < -0.4 is 0 Å². The van der Waals surface area contributed by atoms with E-state index in [2.05, 4.69) is 376 Å². The van der Waals surface area contributed by atoms with E-state index in [0.717, 1.165) is 95.3 Å². The Morgan fingerprint density at radius 3 is 0.650 bits per heavy atom. The Labute approximate surface area is 577 Å². The summed E-state index contributed by atoms with van der Waals surface area (Å²) in [5.74, 6) is 0.671. The third-order valence-electron chi connectivity index (χ3n) is 20.3. The largest absolute Gasteiger partial charge is 0.309 e. The third kappa shape index (κ3) is 9.41. The monoisotopic (exact) mass is 1270 g/mol. The smallest absolute Gasteiger partial charge is 0.160 e. The van der Waals surface area contributed by atoms with Crippen LogP contribution in [0.15, 0.2) is 364 Å². The molecule has 0 aliphatic carbocycles. The zero-order valence-electron chi connectivity index (χ0n) is 54.3. The molecule has 0 amide bonds. The number of aromatic nitrogens is 6. The van der Waals surface area contributed by atoms with Gasteiger partial charge in [-0.3, -0.25) is 0 Å². The summed E-state index contributed by atoms with van der Waals surface area (Å²) in [5.41, 5.74) is 27.1. The van der Waals surface area contributed by atoms with E-state index < -0.39 is 0 Å². The van der Waals surface area contributed by atoms with Gasteiger partial charge in [0, 0.05) is 82.5 Å². The van der Waals surface area contributed by atoms with Crippen molar-refractivity contribution in [3.05, 3.63) is 364 Å². The fraction of sp³-hybridized carbons (Fsp3) is 0. The fourth-order valence-electron chi connectivity index (χ4n) is 15.7. The van der Waals surface area contributed by atoms with Crippen LogP contribution in [0.5, 0.6) is 0 Å². The molecule has 0 N–H and O–H groups in total. The predicted molar refractivity (Wildman–Crippen MR) is 417 cm³/mol. The molecule has 0 atom stereocenters. The topological polar surface area (TPSA) is 45.5 Å². The quantitative estimate of drug-likeness (QED) is 0.130. The molecule has 5 heterocycles. The van der Waals surface area contributed by atoms with Crippen LogP contribution in [0.4, 0.5) is 0 Å². The van der Waals surface area contributed by atoms with Crippen LogP contribution in [0.3, 0.4) is 0 Å². The maximum atomic E-state index is 5.43. The van der Waals surface area contributed by atoms with E-state index in [1.54, 1.807) is 0 Å². The summed E-state index contributed by atoms with van der Waals surface area (Å²) in [5, 5.41) is 9.81. The molecule has 0 aliphatic rings. The first-order valence-corrected chi connectivity index (χ1v) is 34.2. The van der Waals surface area contributed by atoms with Gasteiger partial charge in [-0.1, -0.05) is 255 Å². The van der Waals surface area contributed by atoms with Crippen LogP contribution in [0, 0.1) is 0 Å². The average Bonchev–Trinajstić information content (AvgIpc) is 1.59. The first-order valence-electron chi connectivity index (χ1n) is 34.2. The van der Waals surface area contributed by atoms with Crippen molar-refractivity contribution < 1.29 is 0 Å². The first-order chi connectivity index (χ1) is 49.6. The van der Waals surface area contributed by atoms with Gasteiger partial charge in [-0.25, -0.2) is 9.97 Å². The second-order valence-corrected chi connectivity index (χ2v) is 26.1. The van der Waals surface area contributed by atoms with Crippen molar-refractivity contribution in [1.29, 1.82) is 0 Å². The highest BCUT2D eigenvalue weighted by molar-refractivity contribution is 6.13. The Morgan fingerprint density at radius 2 is 0.370 bits per heavy atom. The van der Waals surface area contributed by atoms with Crippen molar-refractivity contribution in [1.82, 2.24) is 28.2 Å². The molecule has 0 saturated carbocycles. The number of hydrogen-bond acceptors (Lipinski definition) is 2. The van der Waals surface area contributed by atoms with Gasteiger partial charge in [0.05, 0.1) is 55.5 Å². The van der Waals surface area contributed by atoms with Gasteiger partial charge in [-0.2, -0.15) is 0 Å². The predicted octanol–water partition coefficient (Wildman–Crippen LogP) is 24.5. The summed E-state index contributed by atoms with van der Waals surface area (Å²) < 4.78 is 9.75. The van der Waals surface area contributed by atoms with Gasteiger partial charge in [0.25, 0.3) is 0 Å². The van der Waals surface area contributed by atoms with E-state index in [9.17, 15) is 0 Å². The zero-order chi connectivity index (χ0) is 65.8. The van der Waals surface area contributed by atoms with Crippen LogP contribution >= 0.6 is 0 Å². The molecule has 0 bridgehead atoms. The van der Waals surface area contributed by atoms with Crippen LogP contribution in [-0.4, -0.2) is 28.2 Å². The lowest BCUT2D eigenvalue weighted by Crippen LogP contribution is -2.00. The van der Waals surface area contributed by atoms with Crippen LogP contribution in [0.1, 0.15) is 0 Å². The fourth-order valence-corrected chi connectivity index (χ4v) is 15.7. The van der Waals surface area contributed by atoms with E-state index in [1.165, 1.54) is 87.2 Å². The highest BCUT2D eigenvalue weighted by Crippen LogP contribution is 2.43. The maximum absolute atomic E-state index is 5.43. The number of para-hydroxylation sites is 8. The molecule has 0 spiro atoms. The van der Waals surface area contributed by atoms with Gasteiger partial charge in [0.2, 0.25) is 0 Å². The molecule has 0 radical (unpaired) electrons. The lowest BCUT2D eigenvalue weighted by molar-refractivity contribution is 1.13. The molecule has 100 heavy (non-hydrogen) atoms. The molecule has 6 heteroatoms. The van der Waals surface area contributed by atoms with Gasteiger partial charge >= 0.3 is 0 Å². The molecule has 466 valence electrons. The lowest BCUT2D eigenvalue weighted by atomic mass is 9.92. The van der Waals surface area contributed by atoms with E-state index in [0.29, 0.717) is 5.82 Å². The molecule has 0 unspecified atom stereocenters. The van der Waals surface area contributed by atoms with Crippen molar-refractivity contribution in [2.75, 3.05) is 0 Å². The van der Waals surface area contributed by atoms with Crippen LogP contribution in [0.2, 0.25) is 0 Å². The van der Waals surface area contributed by atoms with E-state index >= 15 is 0 Å². The lowest BCUT2D eigenvalue weighted by Gasteiger charge is -2.17. The van der Waals surface area contributed by atoms with Gasteiger partial charge in [0.1, 0.15) is 0 Å². The highest BCUT2D eigenvalue weighted by atomic mass is 15.0. The number of rotatable bonds is 11. The number of fused-ring (bicyclic) bond motifs is 12. The minimum atomic E-state index is 0.671. The summed E-state index contributed by atoms with van der Waals surface area (Å²) >= 11 is 0. The number of nitrogens with zero attached hydrogens (tertiary/aromatic N) is 6. The Balaban J connectivity index is 0.753. The molecule has 20 aromatic rings. The van der Waals surface area contributed by atoms with Crippen molar-refractivity contribution in [3.63, 3.8) is 0 Å². The molecule has 0 fully saturated rings. The summed E-state index contributed by atoms with van der Waals surface area (Å²) in [6.45, 7) is 0. The molecule has 5 aromatic heterocycles. The van der Waals surface area contributed by atoms with E-state index in [1.807, 2.05) is 6.07 Å². The molecular weight excluding hydrogens is 1210 g/mol. The van der Waals surface area contributed by atoms with Crippen LogP contribution in [-0.2, 0) is 0 Å². The van der Waals surface area contributed by atoms with Crippen molar-refractivity contribution in [3.8, 4) is 101 Å². The third-order valence-corrected chi connectivity index (χ3v) is 20.3. The average molecular weight is 1270 g/mol. The normalized spacial score (nSPS) is 11.8. The minimum absolute atomic E-state index is 0.671. The van der Waals surface area contributed by atoms with Gasteiger partial charge < -0.3 is 18.3 Å². The number of benzene rings is 15. The molecule has 20 rings (SSSR count). The van der Waals surface area contributed by atoms with Gasteiger partial charge in [-0.15, -0.1) is 0 Å². The highest BCUT2D eigenvalue weighted by Gasteiger charge is 2.22. The molecule has 15 aromatic carbocycles. The second-order valence-electron chi connectivity index (χ2n) is 26.1. The molecular formula is C94H60N6. The number of hydrogen-bond donors (Lipinski definition) is 0. The zero-order valence-corrected chi connectivity index (χ0v) is 54.3. The molecule has 0 saturated heterocycles. The summed E-state index contributed by atoms with van der Waals surface area (Å²) in [4.78, 5) is 10.7. The van der Waals surface area contributed by atoms with Gasteiger partial charge in [0.15, 0.2) is 5.82 Å².